The molecule has 2 fully saturated rings. The average Bonchev–Trinajstić information content (AvgIpc) is 3.09. The molecule has 0 N–H and O–H groups in total. The van der Waals surface area contributed by atoms with Crippen molar-refractivity contribution in [2.75, 3.05) is 0 Å². The van der Waals surface area contributed by atoms with Gasteiger partial charge in [0.2, 0.25) is 0 Å². The van der Waals surface area contributed by atoms with Crippen molar-refractivity contribution in [2.24, 2.45) is 11.8 Å². The Kier molecular flexibility index (Phi) is 6.01. The van der Waals surface area contributed by atoms with E-state index in [0.717, 1.165) is 19.1 Å². The van der Waals surface area contributed by atoms with Crippen molar-refractivity contribution in [3.8, 4) is 0 Å². The summed E-state index contributed by atoms with van der Waals surface area (Å²) in [5, 5.41) is 0. The van der Waals surface area contributed by atoms with Crippen LogP contribution in [0.5, 0.6) is 0 Å². The van der Waals surface area contributed by atoms with Gasteiger partial charge in [0.15, 0.2) is 0 Å². The first-order valence-corrected chi connectivity index (χ1v) is 13.6. The fraction of sp³-hybridized carbons (Fsp3) is 0.667. The van der Waals surface area contributed by atoms with Crippen molar-refractivity contribution in [3.05, 3.63) is 46.6 Å². The Hall–Kier alpha value is -0.157. The molecule has 0 aromatic heterocycles. The number of hydrogen-bond acceptors (Lipinski definition) is 0. The van der Waals surface area contributed by atoms with Crippen LogP contribution in [0.4, 0.5) is 0 Å². The second-order valence-corrected chi connectivity index (χ2v) is 13.0. The zero-order valence-electron chi connectivity index (χ0n) is 16.2. The summed E-state index contributed by atoms with van der Waals surface area (Å²) < 4.78 is 2.02. The van der Waals surface area contributed by atoms with Gasteiger partial charge in [-0.05, 0) is 0 Å². The van der Waals surface area contributed by atoms with E-state index in [0.29, 0.717) is 0 Å². The van der Waals surface area contributed by atoms with E-state index in [4.69, 9.17) is 0 Å². The minimum absolute atomic E-state index is 0.461. The second kappa shape index (κ2) is 8.25. The first-order valence-electron chi connectivity index (χ1n) is 10.8. The van der Waals surface area contributed by atoms with Crippen LogP contribution in [-0.4, -0.2) is 0 Å². The van der Waals surface area contributed by atoms with E-state index in [9.17, 15) is 0 Å². The van der Waals surface area contributed by atoms with Gasteiger partial charge in [-0.25, -0.2) is 0 Å². The zero-order chi connectivity index (χ0) is 17.2. The molecule has 134 valence electrons. The summed E-state index contributed by atoms with van der Waals surface area (Å²) in [5.74, 6) is 1.62. The molecule has 25 heavy (non-hydrogen) atoms. The van der Waals surface area contributed by atoms with Gasteiger partial charge in [0.05, 0.1) is 0 Å². The summed E-state index contributed by atoms with van der Waals surface area (Å²) in [7, 11) is 0. The maximum atomic E-state index is 2.55. The fourth-order valence-corrected chi connectivity index (χ4v) is 11.8. The van der Waals surface area contributed by atoms with Crippen molar-refractivity contribution in [3.63, 3.8) is 0 Å². The summed E-state index contributed by atoms with van der Waals surface area (Å²) in [6.07, 6.45) is 24.7. The van der Waals surface area contributed by atoms with Crippen LogP contribution in [-0.2, 0) is 23.2 Å². The number of fused-ring (bicyclic) bond motifs is 2. The minimum atomic E-state index is -0.461. The van der Waals surface area contributed by atoms with Crippen LogP contribution < -0.4 is 0 Å². The normalized spacial score (nSPS) is 35.8. The third kappa shape index (κ3) is 3.92. The van der Waals surface area contributed by atoms with Gasteiger partial charge in [-0.15, -0.1) is 0 Å². The van der Waals surface area contributed by atoms with Crippen LogP contribution in [0.1, 0.15) is 78.1 Å². The monoisotopic (exact) mass is 412 g/mol. The van der Waals surface area contributed by atoms with Crippen LogP contribution in [0.2, 0.25) is 7.25 Å². The maximum absolute atomic E-state index is 2.55. The van der Waals surface area contributed by atoms with Gasteiger partial charge in [-0.1, -0.05) is 0 Å². The molecule has 0 aromatic carbocycles. The van der Waals surface area contributed by atoms with Crippen LogP contribution in [0.3, 0.4) is 0 Å². The van der Waals surface area contributed by atoms with E-state index in [1.807, 2.05) is 11.1 Å². The Bertz CT molecular complexity index is 564. The predicted molar refractivity (Wildman–Crippen MR) is 104 cm³/mol. The van der Waals surface area contributed by atoms with Crippen LogP contribution in [0.25, 0.3) is 0 Å². The molecule has 0 radical (unpaired) electrons. The first-order chi connectivity index (χ1) is 12.2. The molecule has 4 aliphatic rings. The number of rotatable bonds is 2. The topological polar surface area (TPSA) is 0 Å². The molecule has 0 bridgehead atoms. The Morgan fingerprint density at radius 2 is 1.08 bits per heavy atom. The first kappa shape index (κ1) is 18.2. The Morgan fingerprint density at radius 3 is 1.56 bits per heavy atom. The van der Waals surface area contributed by atoms with Gasteiger partial charge in [-0.2, -0.15) is 0 Å². The Balaban J connectivity index is 1.58. The Morgan fingerprint density at radius 1 is 0.640 bits per heavy atom. The summed E-state index contributed by atoms with van der Waals surface area (Å²) in [4.78, 5) is 0. The molecular formula is C24H34Zr. The van der Waals surface area contributed by atoms with E-state index in [1.54, 1.807) is 11.1 Å². The second-order valence-electron chi connectivity index (χ2n) is 8.76. The molecule has 0 amide bonds. The van der Waals surface area contributed by atoms with E-state index in [-0.39, 0.29) is 0 Å². The summed E-state index contributed by atoms with van der Waals surface area (Å²) in [6, 6.07) is 0. The molecule has 0 aliphatic heterocycles. The Labute approximate surface area is 166 Å². The molecule has 0 saturated heterocycles. The third-order valence-corrected chi connectivity index (χ3v) is 12.0. The van der Waals surface area contributed by atoms with Crippen LogP contribution >= 0.6 is 0 Å². The molecule has 1 heteroatoms. The quantitative estimate of drug-likeness (QED) is 0.437. The zero-order valence-corrected chi connectivity index (χ0v) is 18.6. The summed E-state index contributed by atoms with van der Waals surface area (Å²) in [5.41, 5.74) is 7.12. The number of hydrogen-bond donors (Lipinski definition) is 0. The third-order valence-electron chi connectivity index (χ3n) is 7.04. The SMILES string of the molecule is CC1=C2C(C=C1)CCCCC[CH]2[Zr][CH]1CCCCCC2C=CC(C)=C21. The molecule has 4 unspecified atom stereocenters. The molecule has 4 aliphatic carbocycles. The van der Waals surface area contributed by atoms with Crippen molar-refractivity contribution in [1.82, 2.24) is 0 Å². The van der Waals surface area contributed by atoms with Gasteiger partial charge >= 0.3 is 167 Å². The standard InChI is InChI=1S/2C12H17.Zr/c2*1-10-8-9-11-6-4-2-3-5-7-12(10)11;/h2*7-9,11H,2-6H2,1H3;. The molecule has 0 spiro atoms. The van der Waals surface area contributed by atoms with Crippen molar-refractivity contribution < 1.29 is 23.2 Å². The molecule has 0 heterocycles. The predicted octanol–water partition coefficient (Wildman–Crippen LogP) is 7.58. The van der Waals surface area contributed by atoms with Gasteiger partial charge in [-0.3, -0.25) is 0 Å². The van der Waals surface area contributed by atoms with Gasteiger partial charge in [0.25, 0.3) is 0 Å². The van der Waals surface area contributed by atoms with Gasteiger partial charge in [0, 0.05) is 0 Å². The van der Waals surface area contributed by atoms with Crippen LogP contribution in [0.15, 0.2) is 46.6 Å². The summed E-state index contributed by atoms with van der Waals surface area (Å²) in [6.45, 7) is 4.81. The fourth-order valence-electron chi connectivity index (χ4n) is 5.75. The molecular weight excluding hydrogens is 379 g/mol. The van der Waals surface area contributed by atoms with Gasteiger partial charge < -0.3 is 0 Å². The molecule has 4 atom stereocenters. The van der Waals surface area contributed by atoms with E-state index < -0.39 is 23.2 Å². The van der Waals surface area contributed by atoms with Crippen LogP contribution in [0, 0.1) is 11.8 Å². The molecule has 4 rings (SSSR count). The molecule has 0 aromatic rings. The van der Waals surface area contributed by atoms with E-state index >= 15 is 0 Å². The van der Waals surface area contributed by atoms with Gasteiger partial charge in [0.1, 0.15) is 0 Å². The average molecular weight is 414 g/mol. The van der Waals surface area contributed by atoms with E-state index in [1.165, 1.54) is 64.2 Å². The molecule has 2 saturated carbocycles. The van der Waals surface area contributed by atoms with E-state index in [2.05, 4.69) is 38.2 Å². The van der Waals surface area contributed by atoms with Crippen molar-refractivity contribution >= 4 is 0 Å². The number of allylic oxidation sites excluding steroid dienone is 8. The molecule has 0 nitrogen and oxygen atoms in total. The summed E-state index contributed by atoms with van der Waals surface area (Å²) >= 11 is -0.461. The van der Waals surface area contributed by atoms with Crippen molar-refractivity contribution in [2.45, 2.75) is 85.3 Å². The van der Waals surface area contributed by atoms with Crippen molar-refractivity contribution in [1.29, 1.82) is 0 Å².